The molecular formula is C14H16BrNO. The predicted molar refractivity (Wildman–Crippen MR) is 74.3 cm³/mol. The van der Waals surface area contributed by atoms with E-state index < -0.39 is 0 Å². The van der Waals surface area contributed by atoms with Gasteiger partial charge in [-0.25, -0.2) is 0 Å². The summed E-state index contributed by atoms with van der Waals surface area (Å²) < 4.78 is 1.05. The normalized spacial score (nSPS) is 19.8. The Morgan fingerprint density at radius 3 is 2.71 bits per heavy atom. The quantitative estimate of drug-likeness (QED) is 0.763. The lowest BCUT2D eigenvalue weighted by molar-refractivity contribution is -0.117. The summed E-state index contributed by atoms with van der Waals surface area (Å²) in [6, 6.07) is 4.14. The smallest absolute Gasteiger partial charge is 0.227 e. The highest BCUT2D eigenvalue weighted by Gasteiger charge is 2.29. The molecule has 0 saturated carbocycles. The summed E-state index contributed by atoms with van der Waals surface area (Å²) in [6.07, 6.45) is 2.45. The molecule has 1 aliphatic rings. The van der Waals surface area contributed by atoms with E-state index in [1.54, 1.807) is 0 Å². The van der Waals surface area contributed by atoms with Crippen LogP contribution in [0.15, 0.2) is 29.3 Å². The van der Waals surface area contributed by atoms with Crippen molar-refractivity contribution in [2.24, 2.45) is 5.92 Å². The fourth-order valence-electron chi connectivity index (χ4n) is 2.23. The Morgan fingerprint density at radius 2 is 2.12 bits per heavy atom. The third-order valence-corrected chi connectivity index (χ3v) is 4.11. The number of anilines is 1. The molecule has 3 heteroatoms. The highest BCUT2D eigenvalue weighted by atomic mass is 79.9. The molecule has 2 nitrogen and oxygen atoms in total. The van der Waals surface area contributed by atoms with E-state index in [1.807, 2.05) is 24.0 Å². The van der Waals surface area contributed by atoms with E-state index in [4.69, 9.17) is 0 Å². The molecular weight excluding hydrogens is 278 g/mol. The number of benzene rings is 1. The van der Waals surface area contributed by atoms with Gasteiger partial charge in [-0.15, -0.1) is 6.58 Å². The van der Waals surface area contributed by atoms with Crippen LogP contribution in [0.4, 0.5) is 5.69 Å². The van der Waals surface area contributed by atoms with E-state index in [0.29, 0.717) is 6.42 Å². The summed E-state index contributed by atoms with van der Waals surface area (Å²) >= 11 is 3.52. The lowest BCUT2D eigenvalue weighted by atomic mass is 10.1. The van der Waals surface area contributed by atoms with Crippen molar-refractivity contribution in [1.82, 2.24) is 0 Å². The van der Waals surface area contributed by atoms with Crippen molar-refractivity contribution in [3.05, 3.63) is 40.4 Å². The van der Waals surface area contributed by atoms with Crippen LogP contribution in [0.2, 0.25) is 0 Å². The first-order chi connectivity index (χ1) is 8.02. The summed E-state index contributed by atoms with van der Waals surface area (Å²) in [5, 5.41) is 0. The van der Waals surface area contributed by atoms with E-state index in [-0.39, 0.29) is 11.8 Å². The largest absolute Gasteiger partial charge is 0.311 e. The van der Waals surface area contributed by atoms with Crippen molar-refractivity contribution in [3.8, 4) is 0 Å². The van der Waals surface area contributed by atoms with E-state index in [1.165, 1.54) is 5.56 Å². The molecule has 1 unspecified atom stereocenters. The fraction of sp³-hybridized carbons (Fsp3) is 0.357. The second-order valence-electron chi connectivity index (χ2n) is 4.59. The second-order valence-corrected chi connectivity index (χ2v) is 5.45. The SMILES string of the molecule is C=CC1CC(=O)N(c2cc(Br)c(C)cc2C)C1. The average molecular weight is 294 g/mol. The molecule has 0 aliphatic carbocycles. The third kappa shape index (κ3) is 2.29. The van der Waals surface area contributed by atoms with Gasteiger partial charge in [0.15, 0.2) is 0 Å². The molecule has 0 spiro atoms. The molecule has 1 aliphatic heterocycles. The maximum absolute atomic E-state index is 12.0. The maximum Gasteiger partial charge on any atom is 0.227 e. The Hall–Kier alpha value is -1.09. The first-order valence-electron chi connectivity index (χ1n) is 5.72. The van der Waals surface area contributed by atoms with Crippen LogP contribution in [-0.2, 0) is 4.79 Å². The summed E-state index contributed by atoms with van der Waals surface area (Å²) in [4.78, 5) is 13.8. The zero-order chi connectivity index (χ0) is 12.6. The number of nitrogens with zero attached hydrogens (tertiary/aromatic N) is 1. The van der Waals surface area contributed by atoms with Gasteiger partial charge in [-0.1, -0.05) is 28.1 Å². The predicted octanol–water partition coefficient (Wildman–Crippen LogP) is 3.60. The lowest BCUT2D eigenvalue weighted by Crippen LogP contribution is -2.25. The second kappa shape index (κ2) is 4.65. The summed E-state index contributed by atoms with van der Waals surface area (Å²) in [7, 11) is 0. The van der Waals surface area contributed by atoms with Crippen molar-refractivity contribution in [1.29, 1.82) is 0 Å². The van der Waals surface area contributed by atoms with Crippen molar-refractivity contribution < 1.29 is 4.79 Å². The molecule has 0 N–H and O–H groups in total. The maximum atomic E-state index is 12.0. The van der Waals surface area contributed by atoms with E-state index in [9.17, 15) is 4.79 Å². The molecule has 1 heterocycles. The molecule has 1 atom stereocenters. The molecule has 0 aromatic heterocycles. The molecule has 2 rings (SSSR count). The highest BCUT2D eigenvalue weighted by molar-refractivity contribution is 9.10. The van der Waals surface area contributed by atoms with E-state index in [2.05, 4.69) is 35.5 Å². The Labute approximate surface area is 110 Å². The minimum Gasteiger partial charge on any atom is -0.311 e. The standard InChI is InChI=1S/C14H16BrNO/c1-4-11-6-14(17)16(8-11)13-7-12(15)9(2)5-10(13)3/h4-5,7,11H,1,6,8H2,2-3H3. The van der Waals surface area contributed by atoms with Gasteiger partial charge in [0.25, 0.3) is 0 Å². The topological polar surface area (TPSA) is 20.3 Å². The van der Waals surface area contributed by atoms with E-state index >= 15 is 0 Å². The lowest BCUT2D eigenvalue weighted by Gasteiger charge is -2.20. The zero-order valence-corrected chi connectivity index (χ0v) is 11.8. The summed E-state index contributed by atoms with van der Waals surface area (Å²) in [6.45, 7) is 8.62. The van der Waals surface area contributed by atoms with Gasteiger partial charge in [0.05, 0.1) is 0 Å². The fourth-order valence-corrected chi connectivity index (χ4v) is 2.56. The van der Waals surface area contributed by atoms with Gasteiger partial charge in [0.2, 0.25) is 5.91 Å². The summed E-state index contributed by atoms with van der Waals surface area (Å²) in [5.41, 5.74) is 3.35. The van der Waals surface area contributed by atoms with Crippen LogP contribution in [0.1, 0.15) is 17.5 Å². The number of amides is 1. The first-order valence-corrected chi connectivity index (χ1v) is 6.52. The van der Waals surface area contributed by atoms with Crippen LogP contribution in [0.5, 0.6) is 0 Å². The molecule has 1 amide bonds. The average Bonchev–Trinajstić information content (AvgIpc) is 2.65. The highest BCUT2D eigenvalue weighted by Crippen LogP contribution is 2.32. The molecule has 0 bridgehead atoms. The van der Waals surface area contributed by atoms with E-state index in [0.717, 1.165) is 22.3 Å². The number of rotatable bonds is 2. The van der Waals surface area contributed by atoms with Crippen LogP contribution in [-0.4, -0.2) is 12.5 Å². The first kappa shape index (κ1) is 12.4. The molecule has 1 aromatic carbocycles. The van der Waals surface area contributed by atoms with Gasteiger partial charge in [-0.3, -0.25) is 4.79 Å². The van der Waals surface area contributed by atoms with Crippen molar-refractivity contribution in [3.63, 3.8) is 0 Å². The monoisotopic (exact) mass is 293 g/mol. The van der Waals surface area contributed by atoms with Crippen LogP contribution in [0.25, 0.3) is 0 Å². The number of carbonyl (C=O) groups excluding carboxylic acids is 1. The van der Waals surface area contributed by atoms with Crippen LogP contribution in [0.3, 0.4) is 0 Å². The molecule has 1 aromatic rings. The third-order valence-electron chi connectivity index (χ3n) is 3.26. The Balaban J connectivity index is 2.38. The van der Waals surface area contributed by atoms with Crippen molar-refractivity contribution >= 4 is 27.5 Å². The molecule has 1 saturated heterocycles. The van der Waals surface area contributed by atoms with Crippen molar-refractivity contribution in [2.45, 2.75) is 20.3 Å². The Kier molecular flexibility index (Phi) is 3.38. The minimum absolute atomic E-state index is 0.189. The Bertz CT molecular complexity index is 481. The number of carbonyl (C=O) groups is 1. The molecule has 1 fully saturated rings. The van der Waals surface area contributed by atoms with Crippen LogP contribution >= 0.6 is 15.9 Å². The number of hydrogen-bond donors (Lipinski definition) is 0. The van der Waals surface area contributed by atoms with Crippen LogP contribution in [0, 0.1) is 19.8 Å². The number of aryl methyl sites for hydroxylation is 2. The van der Waals surface area contributed by atoms with Gasteiger partial charge in [0, 0.05) is 29.0 Å². The number of halogens is 1. The van der Waals surface area contributed by atoms with Gasteiger partial charge in [-0.2, -0.15) is 0 Å². The molecule has 0 radical (unpaired) electrons. The number of hydrogen-bond acceptors (Lipinski definition) is 1. The van der Waals surface area contributed by atoms with Crippen molar-refractivity contribution in [2.75, 3.05) is 11.4 Å². The van der Waals surface area contributed by atoms with Crippen LogP contribution < -0.4 is 4.90 Å². The van der Waals surface area contributed by atoms with Gasteiger partial charge < -0.3 is 4.90 Å². The molecule has 90 valence electrons. The summed E-state index contributed by atoms with van der Waals surface area (Å²) in [5.74, 6) is 0.468. The van der Waals surface area contributed by atoms with Gasteiger partial charge in [0.1, 0.15) is 0 Å². The Morgan fingerprint density at radius 1 is 1.41 bits per heavy atom. The zero-order valence-electron chi connectivity index (χ0n) is 10.2. The van der Waals surface area contributed by atoms with Gasteiger partial charge in [-0.05, 0) is 31.0 Å². The minimum atomic E-state index is 0.189. The van der Waals surface area contributed by atoms with Gasteiger partial charge >= 0.3 is 0 Å². The molecule has 17 heavy (non-hydrogen) atoms.